The number of nitrogens with two attached hydrogens (primary N) is 1. The average Bonchev–Trinajstić information content (AvgIpc) is 2.61. The number of primary amides is 1. The van der Waals surface area contributed by atoms with E-state index < -0.39 is 36.1 Å². The third-order valence-electron chi connectivity index (χ3n) is 3.46. The number of hydrogen-bond donors (Lipinski definition) is 4. The Bertz CT molecular complexity index is 657. The van der Waals surface area contributed by atoms with E-state index in [0.717, 1.165) is 5.56 Å². The predicted molar refractivity (Wildman–Crippen MR) is 91.2 cm³/mol. The highest BCUT2D eigenvalue weighted by atomic mass is 16.5. The summed E-state index contributed by atoms with van der Waals surface area (Å²) in [5, 5.41) is 22.9. The van der Waals surface area contributed by atoms with Gasteiger partial charge in [0.2, 0.25) is 11.8 Å². The molecule has 0 aliphatic rings. The van der Waals surface area contributed by atoms with E-state index in [0.29, 0.717) is 0 Å². The van der Waals surface area contributed by atoms with E-state index in [2.05, 4.69) is 10.6 Å². The van der Waals surface area contributed by atoms with Crippen molar-refractivity contribution in [3.63, 3.8) is 0 Å². The molecular weight excluding hydrogens is 340 g/mol. The van der Waals surface area contributed by atoms with Crippen LogP contribution in [0.4, 0.5) is 4.79 Å². The topological polar surface area (TPSA) is 155 Å². The molecule has 0 saturated heterocycles. The molecule has 0 saturated carbocycles. The molecular formula is C17H22N4O5. The Hall–Kier alpha value is -3.12. The van der Waals surface area contributed by atoms with Crippen LogP contribution in [0.3, 0.4) is 0 Å². The SMILES string of the molecule is C[C@@H](O)[C@H](NC(=O)OCc1ccccc1)C(=O)N[C@@H](CCC#N)C(N)=O. The number of amides is 3. The lowest BCUT2D eigenvalue weighted by Gasteiger charge is -2.23. The van der Waals surface area contributed by atoms with E-state index in [1.807, 2.05) is 12.1 Å². The summed E-state index contributed by atoms with van der Waals surface area (Å²) < 4.78 is 5.00. The normalized spacial score (nSPS) is 13.6. The Morgan fingerprint density at radius 1 is 1.27 bits per heavy atom. The first-order valence-electron chi connectivity index (χ1n) is 7.97. The maximum absolute atomic E-state index is 12.2. The standard InChI is InChI=1S/C17H22N4O5/c1-11(22)14(16(24)20-13(15(19)23)8-5-9-18)21-17(25)26-10-12-6-3-2-4-7-12/h2-4,6-7,11,13-14,22H,5,8,10H2,1H3,(H2,19,23)(H,20,24)(H,21,25)/t11-,13+,14+/m1/s1. The molecule has 0 fully saturated rings. The van der Waals surface area contributed by atoms with Gasteiger partial charge in [0.15, 0.2) is 0 Å². The lowest BCUT2D eigenvalue weighted by atomic mass is 10.1. The minimum Gasteiger partial charge on any atom is -0.445 e. The monoisotopic (exact) mass is 362 g/mol. The number of aliphatic hydroxyl groups is 1. The smallest absolute Gasteiger partial charge is 0.408 e. The molecule has 0 spiro atoms. The van der Waals surface area contributed by atoms with E-state index >= 15 is 0 Å². The number of nitrogens with one attached hydrogen (secondary N) is 2. The second-order valence-electron chi connectivity index (χ2n) is 5.58. The maximum atomic E-state index is 12.2. The summed E-state index contributed by atoms with van der Waals surface area (Å²) in [6, 6.07) is 8.34. The highest BCUT2D eigenvalue weighted by Crippen LogP contribution is 2.03. The van der Waals surface area contributed by atoms with Crippen molar-refractivity contribution in [3.05, 3.63) is 35.9 Å². The molecule has 1 aromatic rings. The number of nitrogens with zero attached hydrogens (tertiary/aromatic N) is 1. The van der Waals surface area contributed by atoms with Gasteiger partial charge in [-0.3, -0.25) is 9.59 Å². The molecule has 0 radical (unpaired) electrons. The number of ether oxygens (including phenoxy) is 1. The summed E-state index contributed by atoms with van der Waals surface area (Å²) >= 11 is 0. The lowest BCUT2D eigenvalue weighted by molar-refractivity contribution is -0.130. The Morgan fingerprint density at radius 2 is 1.92 bits per heavy atom. The summed E-state index contributed by atoms with van der Waals surface area (Å²) in [6.45, 7) is 1.29. The van der Waals surface area contributed by atoms with Crippen molar-refractivity contribution in [1.82, 2.24) is 10.6 Å². The van der Waals surface area contributed by atoms with Crippen molar-refractivity contribution in [1.29, 1.82) is 5.26 Å². The zero-order chi connectivity index (χ0) is 19.5. The summed E-state index contributed by atoms with van der Waals surface area (Å²) in [7, 11) is 0. The molecule has 9 heteroatoms. The fraction of sp³-hybridized carbons (Fsp3) is 0.412. The molecule has 0 heterocycles. The molecule has 5 N–H and O–H groups in total. The van der Waals surface area contributed by atoms with E-state index in [4.69, 9.17) is 15.7 Å². The number of carbonyl (C=O) groups is 3. The number of alkyl carbamates (subject to hydrolysis) is 1. The molecule has 0 aromatic heterocycles. The van der Waals surface area contributed by atoms with Crippen molar-refractivity contribution in [2.24, 2.45) is 5.73 Å². The van der Waals surface area contributed by atoms with Crippen molar-refractivity contribution in [2.45, 2.75) is 44.6 Å². The lowest BCUT2D eigenvalue weighted by Crippen LogP contribution is -2.56. The van der Waals surface area contributed by atoms with Crippen LogP contribution in [-0.2, 0) is 20.9 Å². The highest BCUT2D eigenvalue weighted by Gasteiger charge is 2.29. The van der Waals surface area contributed by atoms with Gasteiger partial charge < -0.3 is 26.2 Å². The number of benzene rings is 1. The third-order valence-corrected chi connectivity index (χ3v) is 3.46. The Morgan fingerprint density at radius 3 is 2.46 bits per heavy atom. The van der Waals surface area contributed by atoms with Crippen molar-refractivity contribution in [2.75, 3.05) is 0 Å². The van der Waals surface area contributed by atoms with E-state index in [-0.39, 0.29) is 19.4 Å². The first-order chi connectivity index (χ1) is 12.3. The van der Waals surface area contributed by atoms with Gasteiger partial charge in [-0.25, -0.2) is 4.79 Å². The molecule has 0 bridgehead atoms. The van der Waals surface area contributed by atoms with Gasteiger partial charge in [0, 0.05) is 6.42 Å². The summed E-state index contributed by atoms with van der Waals surface area (Å²) in [5.74, 6) is -1.62. The van der Waals surface area contributed by atoms with Crippen LogP contribution in [0.1, 0.15) is 25.3 Å². The summed E-state index contributed by atoms with van der Waals surface area (Å²) in [4.78, 5) is 35.4. The number of rotatable bonds is 9. The van der Waals surface area contributed by atoms with Crippen LogP contribution in [0.5, 0.6) is 0 Å². The molecule has 9 nitrogen and oxygen atoms in total. The van der Waals surface area contributed by atoms with Crippen LogP contribution in [-0.4, -0.2) is 41.2 Å². The Kier molecular flexibility index (Phi) is 8.60. The van der Waals surface area contributed by atoms with Gasteiger partial charge in [0.05, 0.1) is 12.2 Å². The largest absolute Gasteiger partial charge is 0.445 e. The molecule has 1 rings (SSSR count). The van der Waals surface area contributed by atoms with Crippen LogP contribution >= 0.6 is 0 Å². The number of carbonyl (C=O) groups excluding carboxylic acids is 3. The molecule has 3 amide bonds. The molecule has 0 unspecified atom stereocenters. The zero-order valence-electron chi connectivity index (χ0n) is 14.3. The van der Waals surface area contributed by atoms with Gasteiger partial charge >= 0.3 is 6.09 Å². The number of nitriles is 1. The molecule has 1 aromatic carbocycles. The van der Waals surface area contributed by atoms with Crippen molar-refractivity contribution < 1.29 is 24.2 Å². The van der Waals surface area contributed by atoms with Crippen LogP contribution < -0.4 is 16.4 Å². The number of hydrogen-bond acceptors (Lipinski definition) is 6. The van der Waals surface area contributed by atoms with Gasteiger partial charge in [-0.1, -0.05) is 30.3 Å². The minimum absolute atomic E-state index is 0.00704. The molecule has 3 atom stereocenters. The summed E-state index contributed by atoms with van der Waals surface area (Å²) in [6.07, 6.45) is -2.10. The van der Waals surface area contributed by atoms with Gasteiger partial charge in [0.1, 0.15) is 18.7 Å². The molecule has 0 aliphatic carbocycles. The van der Waals surface area contributed by atoms with Crippen molar-refractivity contribution in [3.8, 4) is 6.07 Å². The van der Waals surface area contributed by atoms with E-state index in [9.17, 15) is 19.5 Å². The first-order valence-corrected chi connectivity index (χ1v) is 7.97. The number of aliphatic hydroxyl groups excluding tert-OH is 1. The second kappa shape index (κ2) is 10.7. The van der Waals surface area contributed by atoms with E-state index in [1.54, 1.807) is 24.3 Å². The highest BCUT2D eigenvalue weighted by molar-refractivity contribution is 5.91. The van der Waals surface area contributed by atoms with Crippen LogP contribution in [0.15, 0.2) is 30.3 Å². The maximum Gasteiger partial charge on any atom is 0.408 e. The van der Waals surface area contributed by atoms with E-state index in [1.165, 1.54) is 6.92 Å². The van der Waals surface area contributed by atoms with Crippen LogP contribution in [0.25, 0.3) is 0 Å². The molecule has 0 aliphatic heterocycles. The Labute approximate surface area is 151 Å². The fourth-order valence-electron chi connectivity index (χ4n) is 2.05. The molecule has 140 valence electrons. The minimum atomic E-state index is -1.35. The average molecular weight is 362 g/mol. The van der Waals surface area contributed by atoms with Gasteiger partial charge in [-0.2, -0.15) is 5.26 Å². The van der Waals surface area contributed by atoms with Gasteiger partial charge in [-0.05, 0) is 18.9 Å². The zero-order valence-corrected chi connectivity index (χ0v) is 14.3. The second-order valence-corrected chi connectivity index (χ2v) is 5.58. The van der Waals surface area contributed by atoms with Gasteiger partial charge in [0.25, 0.3) is 0 Å². The van der Waals surface area contributed by atoms with Crippen LogP contribution in [0, 0.1) is 11.3 Å². The summed E-state index contributed by atoms with van der Waals surface area (Å²) in [5.41, 5.74) is 5.93. The fourth-order valence-corrected chi connectivity index (χ4v) is 2.05. The predicted octanol–water partition coefficient (Wildman–Crippen LogP) is -0.0639. The molecule has 26 heavy (non-hydrogen) atoms. The van der Waals surface area contributed by atoms with Crippen molar-refractivity contribution >= 4 is 17.9 Å². The first kappa shape index (κ1) is 20.9. The van der Waals surface area contributed by atoms with Gasteiger partial charge in [-0.15, -0.1) is 0 Å². The Balaban J connectivity index is 2.63. The van der Waals surface area contributed by atoms with Crippen LogP contribution in [0.2, 0.25) is 0 Å². The third kappa shape index (κ3) is 7.19. The quantitative estimate of drug-likeness (QED) is 0.482.